The predicted molar refractivity (Wildman–Crippen MR) is 43.0 cm³/mol. The minimum Gasteiger partial charge on any atom is -0.464 e. The number of aldehydes is 1. The number of hydrogen-bond donors (Lipinski definition) is 1. The number of ether oxygens (including phenoxy) is 1. The Hall–Kier alpha value is -1.17. The Morgan fingerprint density at radius 1 is 1.75 bits per heavy atom. The third kappa shape index (κ3) is 1.38. The smallest absolute Gasteiger partial charge is 0.359 e. The molecule has 0 bridgehead atoms. The molecule has 0 spiro atoms. The lowest BCUT2D eigenvalue weighted by Gasteiger charge is -1.92. The fourth-order valence-electron chi connectivity index (χ4n) is 0.652. The third-order valence-corrected chi connectivity index (χ3v) is 2.03. The molecular formula is C6H5BrN2O3. The van der Waals surface area contributed by atoms with Gasteiger partial charge in [0.15, 0.2) is 12.0 Å². The Labute approximate surface area is 76.2 Å². The molecule has 0 fully saturated rings. The van der Waals surface area contributed by atoms with E-state index in [2.05, 4.69) is 30.9 Å². The van der Waals surface area contributed by atoms with E-state index in [1.165, 1.54) is 7.11 Å². The zero-order valence-corrected chi connectivity index (χ0v) is 7.71. The molecule has 1 aromatic rings. The first-order valence-electron chi connectivity index (χ1n) is 2.98. The second-order valence-electron chi connectivity index (χ2n) is 1.91. The van der Waals surface area contributed by atoms with Crippen molar-refractivity contribution < 1.29 is 14.3 Å². The predicted octanol–water partition coefficient (Wildman–Crippen LogP) is 0.771. The maximum atomic E-state index is 10.9. The number of halogens is 1. The van der Waals surface area contributed by atoms with Crippen molar-refractivity contribution in [1.29, 1.82) is 0 Å². The van der Waals surface area contributed by atoms with Gasteiger partial charge < -0.3 is 4.74 Å². The van der Waals surface area contributed by atoms with Gasteiger partial charge in [0.2, 0.25) is 0 Å². The minimum absolute atomic E-state index is 0.0691. The lowest BCUT2D eigenvalue weighted by Crippen LogP contribution is -2.02. The molecule has 1 aromatic heterocycles. The van der Waals surface area contributed by atoms with Crippen LogP contribution in [-0.2, 0) is 4.74 Å². The molecule has 5 nitrogen and oxygen atoms in total. The molecule has 0 amide bonds. The Balaban J connectivity index is 3.10. The van der Waals surface area contributed by atoms with Gasteiger partial charge in [0, 0.05) is 0 Å². The number of H-pyrrole nitrogens is 1. The first-order chi connectivity index (χ1) is 5.70. The normalized spacial score (nSPS) is 9.50. The van der Waals surface area contributed by atoms with Crippen molar-refractivity contribution in [3.8, 4) is 0 Å². The largest absolute Gasteiger partial charge is 0.464 e. The summed E-state index contributed by atoms with van der Waals surface area (Å²) in [5.41, 5.74) is 0.287. The molecule has 6 heteroatoms. The number of aromatic amines is 1. The Morgan fingerprint density at radius 3 is 2.83 bits per heavy atom. The highest BCUT2D eigenvalue weighted by atomic mass is 79.9. The monoisotopic (exact) mass is 232 g/mol. The molecule has 1 rings (SSSR count). The molecule has 1 N–H and O–H groups in total. The maximum Gasteiger partial charge on any atom is 0.359 e. The molecule has 0 saturated heterocycles. The molecule has 1 heterocycles. The second kappa shape index (κ2) is 3.48. The summed E-state index contributed by atoms with van der Waals surface area (Å²) >= 11 is 3.03. The summed E-state index contributed by atoms with van der Waals surface area (Å²) in [4.78, 5) is 21.2. The highest BCUT2D eigenvalue weighted by molar-refractivity contribution is 9.10. The van der Waals surface area contributed by atoms with Gasteiger partial charge in [-0.2, -0.15) is 5.10 Å². The van der Waals surface area contributed by atoms with E-state index < -0.39 is 5.97 Å². The standard InChI is InChI=1S/C6H5BrN2O3/c1-12-6(11)5-4(7)3(2-10)8-9-5/h2H,1H3,(H,8,9). The molecule has 0 aliphatic rings. The van der Waals surface area contributed by atoms with Gasteiger partial charge in [-0.05, 0) is 15.9 Å². The first-order valence-corrected chi connectivity index (χ1v) is 3.77. The summed E-state index contributed by atoms with van der Waals surface area (Å²) in [6.07, 6.45) is 0.559. The van der Waals surface area contributed by atoms with Gasteiger partial charge in [-0.25, -0.2) is 4.79 Å². The van der Waals surface area contributed by atoms with E-state index in [9.17, 15) is 9.59 Å². The summed E-state index contributed by atoms with van der Waals surface area (Å²) in [5.74, 6) is -0.591. The summed E-state index contributed by atoms with van der Waals surface area (Å²) in [5, 5.41) is 5.95. The van der Waals surface area contributed by atoms with Crippen LogP contribution >= 0.6 is 15.9 Å². The van der Waals surface area contributed by atoms with Crippen LogP contribution in [0.25, 0.3) is 0 Å². The topological polar surface area (TPSA) is 72.0 Å². The molecule has 0 atom stereocenters. The molecule has 0 radical (unpaired) electrons. The molecule has 12 heavy (non-hydrogen) atoms. The Bertz CT molecular complexity index is 321. The van der Waals surface area contributed by atoms with Crippen LogP contribution in [0.4, 0.5) is 0 Å². The van der Waals surface area contributed by atoms with E-state index in [0.717, 1.165) is 0 Å². The van der Waals surface area contributed by atoms with Crippen molar-refractivity contribution in [2.45, 2.75) is 0 Å². The van der Waals surface area contributed by atoms with Crippen molar-refractivity contribution >= 4 is 28.2 Å². The number of aromatic nitrogens is 2. The molecule has 0 saturated carbocycles. The molecule has 0 aliphatic carbocycles. The van der Waals surface area contributed by atoms with E-state index in [1.54, 1.807) is 0 Å². The number of carbonyl (C=O) groups excluding carboxylic acids is 2. The number of methoxy groups -OCH3 is 1. The highest BCUT2D eigenvalue weighted by Crippen LogP contribution is 2.17. The Kier molecular flexibility index (Phi) is 2.59. The van der Waals surface area contributed by atoms with Crippen LogP contribution in [0.2, 0.25) is 0 Å². The molecule has 0 aliphatic heterocycles. The molecule has 64 valence electrons. The van der Waals surface area contributed by atoms with E-state index in [-0.39, 0.29) is 11.4 Å². The quantitative estimate of drug-likeness (QED) is 0.604. The van der Waals surface area contributed by atoms with E-state index >= 15 is 0 Å². The van der Waals surface area contributed by atoms with Crippen LogP contribution in [0.15, 0.2) is 4.47 Å². The fourth-order valence-corrected chi connectivity index (χ4v) is 1.08. The van der Waals surface area contributed by atoms with Crippen LogP contribution in [0, 0.1) is 0 Å². The van der Waals surface area contributed by atoms with E-state index in [4.69, 9.17) is 0 Å². The number of rotatable bonds is 2. The van der Waals surface area contributed by atoms with Gasteiger partial charge in [-0.3, -0.25) is 9.89 Å². The van der Waals surface area contributed by atoms with Crippen LogP contribution in [0.1, 0.15) is 21.0 Å². The average molecular weight is 233 g/mol. The summed E-state index contributed by atoms with van der Waals surface area (Å²) in [7, 11) is 1.24. The van der Waals surface area contributed by atoms with Crippen molar-refractivity contribution in [3.63, 3.8) is 0 Å². The molecule has 0 aromatic carbocycles. The zero-order valence-electron chi connectivity index (χ0n) is 6.13. The van der Waals surface area contributed by atoms with Crippen molar-refractivity contribution in [2.24, 2.45) is 0 Å². The fraction of sp³-hybridized carbons (Fsp3) is 0.167. The maximum absolute atomic E-state index is 10.9. The van der Waals surface area contributed by atoms with Crippen LogP contribution in [0.3, 0.4) is 0 Å². The first kappa shape index (κ1) is 8.92. The lowest BCUT2D eigenvalue weighted by atomic mass is 10.4. The minimum atomic E-state index is -0.591. The third-order valence-electron chi connectivity index (χ3n) is 1.23. The van der Waals surface area contributed by atoms with Crippen LogP contribution < -0.4 is 0 Å². The second-order valence-corrected chi connectivity index (χ2v) is 2.70. The molecular weight excluding hydrogens is 228 g/mol. The van der Waals surface area contributed by atoms with Gasteiger partial charge in [-0.15, -0.1) is 0 Å². The lowest BCUT2D eigenvalue weighted by molar-refractivity contribution is 0.0593. The van der Waals surface area contributed by atoms with Gasteiger partial charge in [0.1, 0.15) is 5.69 Å². The summed E-state index contributed by atoms with van der Waals surface area (Å²) in [6, 6.07) is 0. The Morgan fingerprint density at radius 2 is 2.42 bits per heavy atom. The van der Waals surface area contributed by atoms with Crippen LogP contribution in [0.5, 0.6) is 0 Å². The van der Waals surface area contributed by atoms with Crippen molar-refractivity contribution in [3.05, 3.63) is 15.9 Å². The summed E-state index contributed by atoms with van der Waals surface area (Å²) < 4.78 is 4.73. The molecule has 0 unspecified atom stereocenters. The number of hydrogen-bond acceptors (Lipinski definition) is 4. The van der Waals surface area contributed by atoms with Gasteiger partial charge >= 0.3 is 5.97 Å². The van der Waals surface area contributed by atoms with Gasteiger partial charge in [0.25, 0.3) is 0 Å². The van der Waals surface area contributed by atoms with Crippen molar-refractivity contribution in [2.75, 3.05) is 7.11 Å². The van der Waals surface area contributed by atoms with Crippen LogP contribution in [-0.4, -0.2) is 29.6 Å². The number of nitrogens with zero attached hydrogens (tertiary/aromatic N) is 1. The summed E-state index contributed by atoms with van der Waals surface area (Å²) in [6.45, 7) is 0. The average Bonchev–Trinajstić information content (AvgIpc) is 2.45. The zero-order chi connectivity index (χ0) is 9.14. The highest BCUT2D eigenvalue weighted by Gasteiger charge is 2.17. The number of carbonyl (C=O) groups is 2. The van der Waals surface area contributed by atoms with E-state index in [0.29, 0.717) is 10.8 Å². The van der Waals surface area contributed by atoms with E-state index in [1.807, 2.05) is 0 Å². The SMILES string of the molecule is COC(=O)c1n[nH]c(C=O)c1Br. The van der Waals surface area contributed by atoms with Gasteiger partial charge in [-0.1, -0.05) is 0 Å². The number of esters is 1. The number of nitrogens with one attached hydrogen (secondary N) is 1. The van der Waals surface area contributed by atoms with Gasteiger partial charge in [0.05, 0.1) is 11.6 Å². The van der Waals surface area contributed by atoms with Crippen molar-refractivity contribution in [1.82, 2.24) is 10.2 Å².